The summed E-state index contributed by atoms with van der Waals surface area (Å²) in [6.07, 6.45) is 1.97. The molecule has 0 aromatic carbocycles. The van der Waals surface area contributed by atoms with Gasteiger partial charge in [-0.05, 0) is 52.4 Å². The van der Waals surface area contributed by atoms with E-state index in [-0.39, 0.29) is 16.9 Å². The lowest BCUT2D eigenvalue weighted by Gasteiger charge is -2.23. The number of halogens is 3. The molecule has 0 amide bonds. The van der Waals surface area contributed by atoms with Crippen LogP contribution in [0.3, 0.4) is 0 Å². The Hall–Kier alpha value is -1.77. The fourth-order valence-corrected chi connectivity index (χ4v) is 4.64. The predicted molar refractivity (Wildman–Crippen MR) is 123 cm³/mol. The summed E-state index contributed by atoms with van der Waals surface area (Å²) >= 11 is 11.3. The zero-order chi connectivity index (χ0) is 23.4. The standard InChI is InChI=1S/C11H14ClFN2O.C11H15ClN2O2/c1-7-8(4-5-12)11(16)15-6-2-3-9(13)10(15)14-7;1-7-8(4-5-12)11(16)14-6-2-3-9(15)10(14)13-7/h9H,2-6H2,1H3;9,15H,2-6H2,1H3. The molecule has 0 radical (unpaired) electrons. The smallest absolute Gasteiger partial charge is 0.257 e. The third-order valence-electron chi connectivity index (χ3n) is 5.96. The lowest BCUT2D eigenvalue weighted by Crippen LogP contribution is -2.33. The number of hydrogen-bond donors (Lipinski definition) is 1. The van der Waals surface area contributed by atoms with Crippen molar-refractivity contribution in [1.82, 2.24) is 19.1 Å². The normalized spacial score (nSPS) is 19.6. The van der Waals surface area contributed by atoms with E-state index in [4.69, 9.17) is 23.2 Å². The first-order valence-electron chi connectivity index (χ1n) is 10.9. The molecule has 0 aliphatic carbocycles. The first kappa shape index (κ1) is 24.9. The molecule has 2 unspecified atom stereocenters. The van der Waals surface area contributed by atoms with Gasteiger partial charge in [-0.15, -0.1) is 23.2 Å². The minimum absolute atomic E-state index is 0.0399. The molecular formula is C22H29Cl2FN4O3. The van der Waals surface area contributed by atoms with Crippen LogP contribution in [0, 0.1) is 13.8 Å². The van der Waals surface area contributed by atoms with Gasteiger partial charge < -0.3 is 5.11 Å². The van der Waals surface area contributed by atoms with Crippen LogP contribution in [0.15, 0.2) is 9.59 Å². The highest BCUT2D eigenvalue weighted by Crippen LogP contribution is 2.26. The van der Waals surface area contributed by atoms with Crippen LogP contribution < -0.4 is 11.1 Å². The third kappa shape index (κ3) is 5.07. The predicted octanol–water partition coefficient (Wildman–Crippen LogP) is 3.30. The van der Waals surface area contributed by atoms with E-state index in [1.54, 1.807) is 18.4 Å². The summed E-state index contributed by atoms with van der Waals surface area (Å²) in [5.41, 5.74) is 2.44. The Bertz CT molecular complexity index is 1000. The van der Waals surface area contributed by atoms with E-state index in [9.17, 15) is 19.1 Å². The van der Waals surface area contributed by atoms with Gasteiger partial charge in [0.05, 0.1) is 0 Å². The molecule has 2 aromatic rings. The van der Waals surface area contributed by atoms with Crippen molar-refractivity contribution in [3.63, 3.8) is 0 Å². The van der Waals surface area contributed by atoms with Crippen LogP contribution in [0.2, 0.25) is 0 Å². The van der Waals surface area contributed by atoms with Crippen LogP contribution in [0.25, 0.3) is 0 Å². The van der Waals surface area contributed by atoms with Crippen molar-refractivity contribution in [3.05, 3.63) is 54.9 Å². The molecule has 0 saturated heterocycles. The molecule has 2 atom stereocenters. The first-order chi connectivity index (χ1) is 15.3. The Balaban J connectivity index is 0.000000181. The van der Waals surface area contributed by atoms with Crippen LogP contribution in [0.1, 0.15) is 72.1 Å². The first-order valence-corrected chi connectivity index (χ1v) is 12.0. The van der Waals surface area contributed by atoms with E-state index >= 15 is 0 Å². The number of nitrogens with zero attached hydrogens (tertiary/aromatic N) is 4. The Labute approximate surface area is 196 Å². The summed E-state index contributed by atoms with van der Waals surface area (Å²) in [6.45, 7) is 4.75. The number of alkyl halides is 3. The van der Waals surface area contributed by atoms with Gasteiger partial charge in [-0.1, -0.05) is 0 Å². The van der Waals surface area contributed by atoms with Crippen molar-refractivity contribution < 1.29 is 9.50 Å². The zero-order valence-corrected chi connectivity index (χ0v) is 19.9. The summed E-state index contributed by atoms with van der Waals surface area (Å²) in [7, 11) is 0. The molecule has 2 aromatic heterocycles. The fraction of sp³-hybridized carbons (Fsp3) is 0.636. The van der Waals surface area contributed by atoms with Gasteiger partial charge >= 0.3 is 0 Å². The van der Waals surface area contributed by atoms with Crippen LogP contribution in [0.5, 0.6) is 0 Å². The largest absolute Gasteiger partial charge is 0.385 e. The van der Waals surface area contributed by atoms with E-state index < -0.39 is 12.3 Å². The van der Waals surface area contributed by atoms with Crippen molar-refractivity contribution in [2.45, 2.75) is 77.7 Å². The van der Waals surface area contributed by atoms with Crippen molar-refractivity contribution in [2.75, 3.05) is 11.8 Å². The van der Waals surface area contributed by atoms with Crippen LogP contribution >= 0.6 is 23.2 Å². The van der Waals surface area contributed by atoms with E-state index in [2.05, 4.69) is 9.97 Å². The average Bonchev–Trinajstić information content (AvgIpc) is 2.76. The monoisotopic (exact) mass is 486 g/mol. The summed E-state index contributed by atoms with van der Waals surface area (Å²) in [4.78, 5) is 32.7. The molecule has 1 N–H and O–H groups in total. The maximum Gasteiger partial charge on any atom is 0.257 e. The minimum Gasteiger partial charge on any atom is -0.385 e. The van der Waals surface area contributed by atoms with Gasteiger partial charge in [0.15, 0.2) is 6.17 Å². The highest BCUT2D eigenvalue weighted by Gasteiger charge is 2.24. The lowest BCUT2D eigenvalue weighted by atomic mass is 10.1. The van der Waals surface area contributed by atoms with E-state index in [1.807, 2.05) is 0 Å². The molecule has 4 heterocycles. The van der Waals surface area contributed by atoms with Gasteiger partial charge in [0.1, 0.15) is 17.8 Å². The molecule has 0 saturated carbocycles. The van der Waals surface area contributed by atoms with Crippen molar-refractivity contribution in [1.29, 1.82) is 0 Å². The molecule has 32 heavy (non-hydrogen) atoms. The second kappa shape index (κ2) is 10.9. The molecule has 7 nitrogen and oxygen atoms in total. The van der Waals surface area contributed by atoms with Gasteiger partial charge in [-0.25, -0.2) is 14.4 Å². The van der Waals surface area contributed by atoms with Gasteiger partial charge in [0.2, 0.25) is 0 Å². The molecule has 0 fully saturated rings. The number of aryl methyl sites for hydroxylation is 2. The van der Waals surface area contributed by atoms with Crippen LogP contribution in [0.4, 0.5) is 4.39 Å². The van der Waals surface area contributed by atoms with Gasteiger partial charge in [-0.2, -0.15) is 0 Å². The molecule has 0 bridgehead atoms. The van der Waals surface area contributed by atoms with Gasteiger partial charge in [0.25, 0.3) is 11.1 Å². The second-order valence-electron chi connectivity index (χ2n) is 8.13. The molecular weight excluding hydrogens is 458 g/mol. The number of aliphatic hydroxyl groups excluding tert-OH is 1. The number of hydrogen-bond acceptors (Lipinski definition) is 5. The molecule has 2 aliphatic rings. The minimum atomic E-state index is -1.11. The summed E-state index contributed by atoms with van der Waals surface area (Å²) in [6, 6.07) is 0. The highest BCUT2D eigenvalue weighted by molar-refractivity contribution is 6.18. The van der Waals surface area contributed by atoms with E-state index in [1.165, 1.54) is 4.57 Å². The van der Waals surface area contributed by atoms with Gasteiger partial charge in [-0.3, -0.25) is 18.7 Å². The fourth-order valence-electron chi connectivity index (χ4n) is 4.26. The summed E-state index contributed by atoms with van der Waals surface area (Å²) < 4.78 is 16.7. The highest BCUT2D eigenvalue weighted by atomic mass is 35.5. The van der Waals surface area contributed by atoms with Crippen molar-refractivity contribution >= 4 is 23.2 Å². The molecule has 2 aliphatic heterocycles. The quantitative estimate of drug-likeness (QED) is 0.669. The molecule has 4 rings (SSSR count). The van der Waals surface area contributed by atoms with Crippen LogP contribution in [-0.2, 0) is 25.9 Å². The summed E-state index contributed by atoms with van der Waals surface area (Å²) in [5.74, 6) is 1.59. The Morgan fingerprint density at radius 1 is 0.906 bits per heavy atom. The number of aromatic nitrogens is 4. The Morgan fingerprint density at radius 3 is 1.91 bits per heavy atom. The van der Waals surface area contributed by atoms with E-state index in [0.717, 1.165) is 6.42 Å². The van der Waals surface area contributed by atoms with Gasteiger partial charge in [0, 0.05) is 47.4 Å². The maximum absolute atomic E-state index is 13.6. The Morgan fingerprint density at radius 2 is 1.38 bits per heavy atom. The number of aliphatic hydroxyl groups is 1. The lowest BCUT2D eigenvalue weighted by molar-refractivity contribution is 0.130. The summed E-state index contributed by atoms with van der Waals surface area (Å²) in [5, 5.41) is 9.78. The topological polar surface area (TPSA) is 90.0 Å². The number of fused-ring (bicyclic) bond motifs is 2. The SMILES string of the molecule is Cc1nc2n(c(=O)c1CCCl)CCCC2F.Cc1nc2n(c(=O)c1CCCl)CCCC2O. The zero-order valence-electron chi connectivity index (χ0n) is 18.4. The second-order valence-corrected chi connectivity index (χ2v) is 8.88. The van der Waals surface area contributed by atoms with E-state index in [0.29, 0.717) is 85.3 Å². The van der Waals surface area contributed by atoms with Crippen molar-refractivity contribution in [2.24, 2.45) is 0 Å². The number of rotatable bonds is 4. The molecule has 10 heteroatoms. The maximum atomic E-state index is 13.6. The third-order valence-corrected chi connectivity index (χ3v) is 6.34. The average molecular weight is 487 g/mol. The Kier molecular flexibility index (Phi) is 8.47. The van der Waals surface area contributed by atoms with Crippen molar-refractivity contribution in [3.8, 4) is 0 Å². The van der Waals surface area contributed by atoms with Crippen LogP contribution in [-0.4, -0.2) is 36.0 Å². The molecule has 0 spiro atoms. The molecule has 176 valence electrons.